The highest BCUT2D eigenvalue weighted by Gasteiger charge is 2.03. The lowest BCUT2D eigenvalue weighted by molar-refractivity contribution is 0.258. The maximum atomic E-state index is 5.79. The molecule has 0 bridgehead atoms. The summed E-state index contributed by atoms with van der Waals surface area (Å²) >= 11 is 3.35. The van der Waals surface area contributed by atoms with Crippen molar-refractivity contribution in [2.45, 2.75) is 20.3 Å². The Bertz CT molecular complexity index is 301. The van der Waals surface area contributed by atoms with Crippen LogP contribution in [0.5, 0.6) is 5.75 Å². The topological polar surface area (TPSA) is 35.2 Å². The fraction of sp³-hybridized carbons (Fsp3) is 0.455. The van der Waals surface area contributed by atoms with E-state index in [2.05, 4.69) is 29.8 Å². The number of nitrogens with two attached hydrogens (primary N) is 1. The van der Waals surface area contributed by atoms with Crippen LogP contribution in [0.15, 0.2) is 22.7 Å². The molecule has 3 heteroatoms. The number of anilines is 1. The molecule has 14 heavy (non-hydrogen) atoms. The molecule has 1 atom stereocenters. The summed E-state index contributed by atoms with van der Waals surface area (Å²) in [5, 5.41) is 0. The molecule has 0 aliphatic heterocycles. The molecule has 1 rings (SSSR count). The van der Waals surface area contributed by atoms with E-state index in [-0.39, 0.29) is 0 Å². The third kappa shape index (κ3) is 3.22. The summed E-state index contributed by atoms with van der Waals surface area (Å²) in [6, 6.07) is 5.68. The van der Waals surface area contributed by atoms with E-state index in [1.165, 1.54) is 0 Å². The van der Waals surface area contributed by atoms with Crippen LogP contribution in [0.1, 0.15) is 20.3 Å². The molecule has 0 aromatic heterocycles. The van der Waals surface area contributed by atoms with Gasteiger partial charge in [-0.05, 0) is 24.1 Å². The van der Waals surface area contributed by atoms with Crippen molar-refractivity contribution in [2.75, 3.05) is 12.3 Å². The smallest absolute Gasteiger partial charge is 0.142 e. The number of ether oxygens (including phenoxy) is 1. The monoisotopic (exact) mass is 257 g/mol. The van der Waals surface area contributed by atoms with Gasteiger partial charge < -0.3 is 10.5 Å². The van der Waals surface area contributed by atoms with Gasteiger partial charge in [0.05, 0.1) is 12.3 Å². The molecule has 1 unspecified atom stereocenters. The van der Waals surface area contributed by atoms with Crippen molar-refractivity contribution in [1.29, 1.82) is 0 Å². The molecule has 1 aromatic carbocycles. The van der Waals surface area contributed by atoms with Gasteiger partial charge in [-0.3, -0.25) is 0 Å². The van der Waals surface area contributed by atoms with E-state index in [4.69, 9.17) is 10.5 Å². The highest BCUT2D eigenvalue weighted by Crippen LogP contribution is 2.25. The molecule has 0 spiro atoms. The molecular formula is C11H16BrNO. The average molecular weight is 258 g/mol. The Morgan fingerprint density at radius 1 is 1.50 bits per heavy atom. The predicted molar refractivity (Wildman–Crippen MR) is 63.5 cm³/mol. The zero-order valence-electron chi connectivity index (χ0n) is 8.59. The fourth-order valence-corrected chi connectivity index (χ4v) is 1.38. The number of hydrogen-bond acceptors (Lipinski definition) is 2. The summed E-state index contributed by atoms with van der Waals surface area (Å²) in [6.07, 6.45) is 1.12. The van der Waals surface area contributed by atoms with E-state index < -0.39 is 0 Å². The lowest BCUT2D eigenvalue weighted by atomic mass is 10.1. The summed E-state index contributed by atoms with van der Waals surface area (Å²) < 4.78 is 6.58. The van der Waals surface area contributed by atoms with Crippen LogP contribution >= 0.6 is 15.9 Å². The van der Waals surface area contributed by atoms with Crippen LogP contribution in [0.2, 0.25) is 0 Å². The second-order valence-corrected chi connectivity index (χ2v) is 4.42. The normalized spacial score (nSPS) is 12.5. The number of hydrogen-bond donors (Lipinski definition) is 1. The molecule has 0 heterocycles. The van der Waals surface area contributed by atoms with Gasteiger partial charge in [-0.2, -0.15) is 0 Å². The van der Waals surface area contributed by atoms with Crippen LogP contribution in [-0.2, 0) is 0 Å². The first-order valence-corrected chi connectivity index (χ1v) is 5.60. The minimum atomic E-state index is 0.568. The predicted octanol–water partition coefficient (Wildman–Crippen LogP) is 3.46. The lowest BCUT2D eigenvalue weighted by Gasteiger charge is -2.12. The van der Waals surface area contributed by atoms with Gasteiger partial charge in [0.2, 0.25) is 0 Å². The van der Waals surface area contributed by atoms with Crippen molar-refractivity contribution >= 4 is 21.6 Å². The van der Waals surface area contributed by atoms with Crippen LogP contribution in [0, 0.1) is 5.92 Å². The van der Waals surface area contributed by atoms with E-state index in [0.717, 1.165) is 23.2 Å². The van der Waals surface area contributed by atoms with Gasteiger partial charge >= 0.3 is 0 Å². The third-order valence-corrected chi connectivity index (χ3v) is 2.69. The van der Waals surface area contributed by atoms with Crippen LogP contribution in [-0.4, -0.2) is 6.61 Å². The minimum absolute atomic E-state index is 0.568. The van der Waals surface area contributed by atoms with E-state index in [0.29, 0.717) is 11.6 Å². The first-order valence-electron chi connectivity index (χ1n) is 4.81. The van der Waals surface area contributed by atoms with Crippen LogP contribution in [0.3, 0.4) is 0 Å². The standard InChI is InChI=1S/C11H16BrNO/c1-3-8(2)7-14-11-5-4-9(12)6-10(11)13/h4-6,8H,3,7,13H2,1-2H3. The first kappa shape index (κ1) is 11.4. The number of halogens is 1. The molecule has 0 amide bonds. The molecule has 2 nitrogen and oxygen atoms in total. The summed E-state index contributed by atoms with van der Waals surface area (Å²) in [5.74, 6) is 1.34. The van der Waals surface area contributed by atoms with Crippen molar-refractivity contribution in [1.82, 2.24) is 0 Å². The molecule has 0 fully saturated rings. The van der Waals surface area contributed by atoms with Crippen LogP contribution in [0.25, 0.3) is 0 Å². The molecule has 78 valence electrons. The van der Waals surface area contributed by atoms with E-state index >= 15 is 0 Å². The number of benzene rings is 1. The van der Waals surface area contributed by atoms with E-state index in [1.807, 2.05) is 18.2 Å². The van der Waals surface area contributed by atoms with Gasteiger partial charge in [-0.15, -0.1) is 0 Å². The van der Waals surface area contributed by atoms with Crippen molar-refractivity contribution in [2.24, 2.45) is 5.92 Å². The van der Waals surface area contributed by atoms with Crippen molar-refractivity contribution in [3.8, 4) is 5.75 Å². The Hall–Kier alpha value is -0.700. The molecule has 0 saturated carbocycles. The molecule has 0 saturated heterocycles. The quantitative estimate of drug-likeness (QED) is 0.839. The molecular weight excluding hydrogens is 242 g/mol. The lowest BCUT2D eigenvalue weighted by Crippen LogP contribution is -2.08. The summed E-state index contributed by atoms with van der Waals surface area (Å²) in [4.78, 5) is 0. The molecule has 2 N–H and O–H groups in total. The molecule has 0 aliphatic carbocycles. The van der Waals surface area contributed by atoms with Gasteiger partial charge in [0, 0.05) is 4.47 Å². The molecule has 0 radical (unpaired) electrons. The average Bonchev–Trinajstić information content (AvgIpc) is 2.16. The summed E-state index contributed by atoms with van der Waals surface area (Å²) in [5.41, 5.74) is 6.48. The van der Waals surface area contributed by atoms with Gasteiger partial charge in [0.15, 0.2) is 0 Å². The Balaban J connectivity index is 2.59. The van der Waals surface area contributed by atoms with Crippen molar-refractivity contribution in [3.63, 3.8) is 0 Å². The zero-order valence-corrected chi connectivity index (χ0v) is 10.2. The van der Waals surface area contributed by atoms with Gasteiger partial charge in [0.25, 0.3) is 0 Å². The van der Waals surface area contributed by atoms with Crippen molar-refractivity contribution in [3.05, 3.63) is 22.7 Å². The zero-order chi connectivity index (χ0) is 10.6. The Kier molecular flexibility index (Phi) is 4.26. The van der Waals surface area contributed by atoms with E-state index in [1.54, 1.807) is 0 Å². The van der Waals surface area contributed by atoms with Gasteiger partial charge in [-0.1, -0.05) is 36.2 Å². The largest absolute Gasteiger partial charge is 0.491 e. The second kappa shape index (κ2) is 5.25. The van der Waals surface area contributed by atoms with Crippen molar-refractivity contribution < 1.29 is 4.74 Å². The Morgan fingerprint density at radius 3 is 2.79 bits per heavy atom. The molecule has 0 aliphatic rings. The first-order chi connectivity index (χ1) is 6.63. The SMILES string of the molecule is CCC(C)COc1ccc(Br)cc1N. The number of nitrogen functional groups attached to an aromatic ring is 1. The maximum Gasteiger partial charge on any atom is 0.142 e. The van der Waals surface area contributed by atoms with Crippen LogP contribution < -0.4 is 10.5 Å². The Labute approximate surface area is 93.6 Å². The van der Waals surface area contributed by atoms with Crippen LogP contribution in [0.4, 0.5) is 5.69 Å². The highest BCUT2D eigenvalue weighted by molar-refractivity contribution is 9.10. The minimum Gasteiger partial charge on any atom is -0.491 e. The third-order valence-electron chi connectivity index (χ3n) is 2.19. The van der Waals surface area contributed by atoms with Gasteiger partial charge in [0.1, 0.15) is 5.75 Å². The molecule has 1 aromatic rings. The Morgan fingerprint density at radius 2 is 2.21 bits per heavy atom. The highest BCUT2D eigenvalue weighted by atomic mass is 79.9. The van der Waals surface area contributed by atoms with Gasteiger partial charge in [-0.25, -0.2) is 0 Å². The maximum absolute atomic E-state index is 5.79. The fourth-order valence-electron chi connectivity index (χ4n) is 1.00. The number of rotatable bonds is 4. The summed E-state index contributed by atoms with van der Waals surface area (Å²) in [6.45, 7) is 5.04. The second-order valence-electron chi connectivity index (χ2n) is 3.51. The summed E-state index contributed by atoms with van der Waals surface area (Å²) in [7, 11) is 0. The van der Waals surface area contributed by atoms with E-state index in [9.17, 15) is 0 Å².